The smallest absolute Gasteiger partial charge is 0.0312 e. The fourth-order valence-electron chi connectivity index (χ4n) is 1.64. The third-order valence-corrected chi connectivity index (χ3v) is 2.23. The van der Waals surface area contributed by atoms with E-state index < -0.39 is 0 Å². The van der Waals surface area contributed by atoms with Crippen LogP contribution in [0.25, 0.3) is 0 Å². The highest BCUT2D eigenvalue weighted by molar-refractivity contribution is 5.30. The number of fused-ring (bicyclic) bond motifs is 2. The molecule has 0 aliphatic heterocycles. The number of hydrogen-bond acceptors (Lipinski definition) is 2. The molecular formula is C7H10N2. The molecule has 0 aromatic carbocycles. The molecule has 2 rings (SSSR count). The number of hydrogen-bond donors (Lipinski definition) is 2. The normalized spacial score (nSPS) is 40.4. The van der Waals surface area contributed by atoms with Crippen molar-refractivity contribution in [2.75, 3.05) is 0 Å². The summed E-state index contributed by atoms with van der Waals surface area (Å²) in [5, 5.41) is 0. The van der Waals surface area contributed by atoms with E-state index in [-0.39, 0.29) is 0 Å². The molecule has 2 aliphatic rings. The van der Waals surface area contributed by atoms with Crippen molar-refractivity contribution in [3.63, 3.8) is 0 Å². The lowest BCUT2D eigenvalue weighted by Gasteiger charge is -2.11. The second kappa shape index (κ2) is 1.43. The van der Waals surface area contributed by atoms with E-state index in [4.69, 9.17) is 11.5 Å². The Balaban J connectivity index is 2.36. The van der Waals surface area contributed by atoms with Crippen molar-refractivity contribution in [2.45, 2.75) is 12.8 Å². The predicted octanol–water partition coefficient (Wildman–Crippen LogP) is 0.236. The van der Waals surface area contributed by atoms with E-state index in [1.54, 1.807) is 0 Å². The monoisotopic (exact) mass is 122 g/mol. The second-order valence-electron chi connectivity index (χ2n) is 2.76. The van der Waals surface area contributed by atoms with Gasteiger partial charge in [0.25, 0.3) is 0 Å². The minimum Gasteiger partial charge on any atom is -0.400 e. The Bertz CT molecular complexity index is 154. The number of nitrogens with two attached hydrogens (primary N) is 2. The molecule has 0 saturated heterocycles. The number of rotatable bonds is 0. The zero-order valence-corrected chi connectivity index (χ0v) is 5.22. The summed E-state index contributed by atoms with van der Waals surface area (Å²) in [6.07, 6.45) is 5.63. The maximum Gasteiger partial charge on any atom is 0.0312 e. The van der Waals surface area contributed by atoms with Gasteiger partial charge in [-0.1, -0.05) is 0 Å². The van der Waals surface area contributed by atoms with Gasteiger partial charge in [-0.3, -0.25) is 0 Å². The van der Waals surface area contributed by atoms with Crippen LogP contribution in [0.4, 0.5) is 0 Å². The van der Waals surface area contributed by atoms with Gasteiger partial charge in [-0.25, -0.2) is 0 Å². The largest absolute Gasteiger partial charge is 0.400 e. The predicted molar refractivity (Wildman–Crippen MR) is 34.9 cm³/mol. The molecule has 2 bridgehead atoms. The molecule has 2 radical (unpaired) electrons. The average Bonchev–Trinajstić information content (AvgIpc) is 2.37. The molecule has 1 fully saturated rings. The summed E-state index contributed by atoms with van der Waals surface area (Å²) < 4.78 is 0. The Hall–Kier alpha value is -0.660. The number of allylic oxidation sites excluding steroid dienone is 2. The molecule has 0 spiro atoms. The highest BCUT2D eigenvalue weighted by atomic mass is 14.8. The summed E-state index contributed by atoms with van der Waals surface area (Å²) in [6.45, 7) is 0. The first-order chi connectivity index (χ1) is 4.29. The van der Waals surface area contributed by atoms with Crippen LogP contribution in [-0.4, -0.2) is 0 Å². The first kappa shape index (κ1) is 5.15. The van der Waals surface area contributed by atoms with Crippen LogP contribution in [0.2, 0.25) is 0 Å². The summed E-state index contributed by atoms with van der Waals surface area (Å²) in [7, 11) is 0. The molecule has 0 aromatic rings. The van der Waals surface area contributed by atoms with Crippen molar-refractivity contribution >= 4 is 0 Å². The van der Waals surface area contributed by atoms with Gasteiger partial charge < -0.3 is 11.5 Å². The van der Waals surface area contributed by atoms with Crippen molar-refractivity contribution in [2.24, 2.45) is 23.3 Å². The molecule has 0 amide bonds. The van der Waals surface area contributed by atoms with Gasteiger partial charge >= 0.3 is 0 Å². The molecule has 2 nitrogen and oxygen atoms in total. The molecule has 2 aliphatic carbocycles. The van der Waals surface area contributed by atoms with Crippen LogP contribution >= 0.6 is 0 Å². The minimum absolute atomic E-state index is 0.398. The molecule has 2 heteroatoms. The average molecular weight is 122 g/mol. The van der Waals surface area contributed by atoms with E-state index in [1.165, 1.54) is 0 Å². The molecule has 9 heavy (non-hydrogen) atoms. The topological polar surface area (TPSA) is 52.0 Å². The van der Waals surface area contributed by atoms with Gasteiger partial charge in [0.05, 0.1) is 0 Å². The maximum atomic E-state index is 5.66. The third kappa shape index (κ3) is 0.506. The lowest BCUT2D eigenvalue weighted by Crippen LogP contribution is -2.15. The summed E-state index contributed by atoms with van der Waals surface area (Å²) in [5.41, 5.74) is 13.1. The Morgan fingerprint density at radius 3 is 1.78 bits per heavy atom. The van der Waals surface area contributed by atoms with E-state index >= 15 is 0 Å². The van der Waals surface area contributed by atoms with E-state index in [0.717, 1.165) is 24.2 Å². The first-order valence-corrected chi connectivity index (χ1v) is 3.30. The lowest BCUT2D eigenvalue weighted by atomic mass is 10.0. The van der Waals surface area contributed by atoms with Crippen molar-refractivity contribution in [3.05, 3.63) is 17.8 Å². The summed E-state index contributed by atoms with van der Waals surface area (Å²) >= 11 is 0. The molecule has 4 N–H and O–H groups in total. The molecule has 48 valence electrons. The Morgan fingerprint density at radius 2 is 1.56 bits per heavy atom. The van der Waals surface area contributed by atoms with Crippen LogP contribution in [0, 0.1) is 18.3 Å². The molecular weight excluding hydrogens is 112 g/mol. The van der Waals surface area contributed by atoms with Gasteiger partial charge in [-0.2, -0.15) is 0 Å². The van der Waals surface area contributed by atoms with Crippen LogP contribution in [0.3, 0.4) is 0 Å². The van der Waals surface area contributed by atoms with Gasteiger partial charge in [0.1, 0.15) is 0 Å². The third-order valence-electron chi connectivity index (χ3n) is 2.23. The molecule has 1 saturated carbocycles. The van der Waals surface area contributed by atoms with Crippen molar-refractivity contribution in [1.82, 2.24) is 0 Å². The highest BCUT2D eigenvalue weighted by Crippen LogP contribution is 2.43. The molecule has 2 atom stereocenters. The summed E-state index contributed by atoms with van der Waals surface area (Å²) in [5.74, 6) is 0.796. The summed E-state index contributed by atoms with van der Waals surface area (Å²) in [4.78, 5) is 0. The lowest BCUT2D eigenvalue weighted by molar-refractivity contribution is 0.637. The quantitative estimate of drug-likeness (QED) is 0.483. The SMILES string of the molecule is NC1=C(N)C2[C]C1CC2. The van der Waals surface area contributed by atoms with Crippen LogP contribution in [0.5, 0.6) is 0 Å². The maximum absolute atomic E-state index is 5.66. The van der Waals surface area contributed by atoms with Crippen LogP contribution in [0.15, 0.2) is 11.4 Å². The zero-order chi connectivity index (χ0) is 6.43. The fraction of sp³-hybridized carbons (Fsp3) is 0.571. The molecule has 2 unspecified atom stereocenters. The van der Waals surface area contributed by atoms with Crippen molar-refractivity contribution in [1.29, 1.82) is 0 Å². The van der Waals surface area contributed by atoms with Crippen molar-refractivity contribution < 1.29 is 0 Å². The van der Waals surface area contributed by atoms with E-state index in [1.807, 2.05) is 0 Å². The Morgan fingerprint density at radius 1 is 1.11 bits per heavy atom. The van der Waals surface area contributed by atoms with E-state index in [9.17, 15) is 0 Å². The standard InChI is InChI=1S/C7H10N2/c8-6-4-1-2-5(3-4)7(6)9/h4-5H,1-2,8-9H2. The fourth-order valence-corrected chi connectivity index (χ4v) is 1.64. The molecule has 0 heterocycles. The molecule has 0 aromatic heterocycles. The van der Waals surface area contributed by atoms with Gasteiger partial charge in [-0.05, 0) is 12.8 Å². The zero-order valence-electron chi connectivity index (χ0n) is 5.22. The van der Waals surface area contributed by atoms with Crippen molar-refractivity contribution in [3.8, 4) is 0 Å². The van der Waals surface area contributed by atoms with Gasteiger partial charge in [0.15, 0.2) is 0 Å². The van der Waals surface area contributed by atoms with Gasteiger partial charge in [0.2, 0.25) is 0 Å². The van der Waals surface area contributed by atoms with Crippen LogP contribution < -0.4 is 11.5 Å². The second-order valence-corrected chi connectivity index (χ2v) is 2.76. The van der Waals surface area contributed by atoms with Crippen LogP contribution in [-0.2, 0) is 0 Å². The van der Waals surface area contributed by atoms with Gasteiger partial charge in [-0.15, -0.1) is 0 Å². The minimum atomic E-state index is 0.398. The Kier molecular flexibility index (Phi) is 0.821. The Labute approximate surface area is 54.9 Å². The van der Waals surface area contributed by atoms with Crippen LogP contribution in [0.1, 0.15) is 12.8 Å². The first-order valence-electron chi connectivity index (χ1n) is 3.30. The highest BCUT2D eigenvalue weighted by Gasteiger charge is 2.37. The van der Waals surface area contributed by atoms with Gasteiger partial charge in [0, 0.05) is 29.7 Å². The van der Waals surface area contributed by atoms with E-state index in [0.29, 0.717) is 11.8 Å². The summed E-state index contributed by atoms with van der Waals surface area (Å²) in [6, 6.07) is 0. The van der Waals surface area contributed by atoms with E-state index in [2.05, 4.69) is 6.42 Å².